The van der Waals surface area contributed by atoms with Gasteiger partial charge in [-0.1, -0.05) is 66.7 Å². The average Bonchev–Trinajstić information content (AvgIpc) is 2.78. The van der Waals surface area contributed by atoms with Crippen molar-refractivity contribution in [3.63, 3.8) is 0 Å². The fourth-order valence-corrected chi connectivity index (χ4v) is 3.52. The lowest BCUT2D eigenvalue weighted by atomic mass is 9.79. The van der Waals surface area contributed by atoms with Crippen LogP contribution in [0, 0.1) is 0 Å². The van der Waals surface area contributed by atoms with Crippen molar-refractivity contribution >= 4 is 17.3 Å². The zero-order valence-corrected chi connectivity index (χ0v) is 15.8. The van der Waals surface area contributed by atoms with Crippen molar-refractivity contribution in [1.29, 1.82) is 0 Å². The number of allylic oxidation sites excluding steroid dienone is 2. The second kappa shape index (κ2) is 7.68. The standard InChI is InChI=1S/C25H18O4/c1-29-18-13-11-16(12-14-18)15-21-22(23(26)17-7-3-2-4-8-17)25(28)20-10-6-5-9-19(20)24(21)27/h2-14H,15H2,1H3. The molecule has 0 radical (unpaired) electrons. The van der Waals surface area contributed by atoms with Gasteiger partial charge in [0.15, 0.2) is 17.3 Å². The molecule has 0 bridgehead atoms. The Morgan fingerprint density at radius 3 is 1.97 bits per heavy atom. The van der Waals surface area contributed by atoms with Crippen LogP contribution < -0.4 is 4.74 Å². The third kappa shape index (κ3) is 3.41. The first-order valence-corrected chi connectivity index (χ1v) is 9.24. The van der Waals surface area contributed by atoms with Crippen LogP contribution in [0.15, 0.2) is 90.0 Å². The topological polar surface area (TPSA) is 60.4 Å². The van der Waals surface area contributed by atoms with Gasteiger partial charge < -0.3 is 4.74 Å². The van der Waals surface area contributed by atoms with Crippen LogP contribution in [0.1, 0.15) is 36.6 Å². The van der Waals surface area contributed by atoms with Crippen LogP contribution in [0.5, 0.6) is 5.75 Å². The van der Waals surface area contributed by atoms with Gasteiger partial charge in [-0.05, 0) is 17.7 Å². The summed E-state index contributed by atoms with van der Waals surface area (Å²) in [5, 5.41) is 0. The lowest BCUT2D eigenvalue weighted by Crippen LogP contribution is -2.27. The van der Waals surface area contributed by atoms with E-state index in [0.717, 1.165) is 5.56 Å². The van der Waals surface area contributed by atoms with Crippen molar-refractivity contribution in [3.8, 4) is 5.75 Å². The minimum absolute atomic E-state index is 0.0456. The normalized spacial score (nSPS) is 13.3. The molecule has 0 N–H and O–H groups in total. The number of hydrogen-bond donors (Lipinski definition) is 0. The molecule has 3 aromatic carbocycles. The van der Waals surface area contributed by atoms with Gasteiger partial charge in [-0.2, -0.15) is 0 Å². The van der Waals surface area contributed by atoms with E-state index in [0.29, 0.717) is 16.9 Å². The van der Waals surface area contributed by atoms with Crippen molar-refractivity contribution in [2.75, 3.05) is 7.11 Å². The zero-order chi connectivity index (χ0) is 20.4. The van der Waals surface area contributed by atoms with E-state index in [4.69, 9.17) is 4.74 Å². The SMILES string of the molecule is COc1ccc(CC2=C(C(=O)c3ccccc3)C(=O)c3ccccc3C2=O)cc1. The fourth-order valence-electron chi connectivity index (χ4n) is 3.52. The van der Waals surface area contributed by atoms with E-state index in [-0.39, 0.29) is 28.9 Å². The lowest BCUT2D eigenvalue weighted by Gasteiger charge is -2.20. The first-order chi connectivity index (χ1) is 14.1. The molecule has 4 nitrogen and oxygen atoms in total. The number of carbonyl (C=O) groups is 3. The molecular formula is C25H18O4. The fraction of sp³-hybridized carbons (Fsp3) is 0.0800. The van der Waals surface area contributed by atoms with E-state index in [1.165, 1.54) is 0 Å². The summed E-state index contributed by atoms with van der Waals surface area (Å²) in [5.41, 5.74) is 2.00. The Hall–Kier alpha value is -3.79. The Balaban J connectivity index is 1.85. The number of ketones is 3. The van der Waals surface area contributed by atoms with Gasteiger partial charge in [0.1, 0.15) is 5.75 Å². The van der Waals surface area contributed by atoms with Gasteiger partial charge in [-0.15, -0.1) is 0 Å². The van der Waals surface area contributed by atoms with Gasteiger partial charge in [0.25, 0.3) is 0 Å². The van der Waals surface area contributed by atoms with E-state index in [1.54, 1.807) is 73.8 Å². The number of fused-ring (bicyclic) bond motifs is 1. The van der Waals surface area contributed by atoms with Crippen molar-refractivity contribution < 1.29 is 19.1 Å². The van der Waals surface area contributed by atoms with Crippen molar-refractivity contribution in [2.24, 2.45) is 0 Å². The molecule has 0 amide bonds. The number of hydrogen-bond acceptors (Lipinski definition) is 4. The lowest BCUT2D eigenvalue weighted by molar-refractivity contribution is 0.0926. The molecule has 0 aromatic heterocycles. The molecule has 0 aliphatic heterocycles. The zero-order valence-electron chi connectivity index (χ0n) is 15.8. The van der Waals surface area contributed by atoms with Gasteiger partial charge in [0.05, 0.1) is 12.7 Å². The molecule has 142 valence electrons. The minimum atomic E-state index is -0.429. The Morgan fingerprint density at radius 2 is 1.34 bits per heavy atom. The molecule has 0 saturated heterocycles. The van der Waals surface area contributed by atoms with Gasteiger partial charge in [-0.25, -0.2) is 0 Å². The summed E-state index contributed by atoms with van der Waals surface area (Å²) in [4.78, 5) is 39.7. The van der Waals surface area contributed by atoms with Crippen LogP contribution in [0.2, 0.25) is 0 Å². The Morgan fingerprint density at radius 1 is 0.759 bits per heavy atom. The maximum atomic E-state index is 13.2. The molecule has 1 aliphatic carbocycles. The average molecular weight is 382 g/mol. The highest BCUT2D eigenvalue weighted by molar-refractivity contribution is 6.39. The highest BCUT2D eigenvalue weighted by Gasteiger charge is 2.35. The Labute approximate surface area is 168 Å². The maximum Gasteiger partial charge on any atom is 0.198 e. The summed E-state index contributed by atoms with van der Waals surface area (Å²) in [6.45, 7) is 0. The van der Waals surface area contributed by atoms with Gasteiger partial charge in [0, 0.05) is 28.7 Å². The van der Waals surface area contributed by atoms with Crippen molar-refractivity contribution in [3.05, 3.63) is 112 Å². The summed E-state index contributed by atoms with van der Waals surface area (Å²) in [5.74, 6) is -0.422. The predicted octanol–water partition coefficient (Wildman–Crippen LogP) is 4.50. The molecule has 0 heterocycles. The molecule has 4 rings (SSSR count). The number of ether oxygens (including phenoxy) is 1. The Bertz CT molecular complexity index is 1140. The number of carbonyl (C=O) groups excluding carboxylic acids is 3. The van der Waals surface area contributed by atoms with Crippen molar-refractivity contribution in [1.82, 2.24) is 0 Å². The molecule has 0 fully saturated rings. The summed E-state index contributed by atoms with van der Waals surface area (Å²) >= 11 is 0. The van der Waals surface area contributed by atoms with Crippen LogP contribution in [0.4, 0.5) is 0 Å². The summed E-state index contributed by atoms with van der Waals surface area (Å²) < 4.78 is 5.17. The molecular weight excluding hydrogens is 364 g/mol. The number of benzene rings is 3. The van der Waals surface area contributed by atoms with Crippen LogP contribution in [-0.4, -0.2) is 24.5 Å². The first-order valence-electron chi connectivity index (χ1n) is 9.24. The number of methoxy groups -OCH3 is 1. The molecule has 29 heavy (non-hydrogen) atoms. The van der Waals surface area contributed by atoms with Gasteiger partial charge in [-0.3, -0.25) is 14.4 Å². The second-order valence-corrected chi connectivity index (χ2v) is 6.78. The third-order valence-corrected chi connectivity index (χ3v) is 5.02. The number of Topliss-reactive ketones (excluding diaryl/α,β-unsaturated/α-hetero) is 3. The monoisotopic (exact) mass is 382 g/mol. The van der Waals surface area contributed by atoms with E-state index in [1.807, 2.05) is 12.1 Å². The second-order valence-electron chi connectivity index (χ2n) is 6.78. The molecule has 1 aliphatic rings. The highest BCUT2D eigenvalue weighted by atomic mass is 16.5. The molecule has 0 saturated carbocycles. The van der Waals surface area contributed by atoms with Crippen molar-refractivity contribution in [2.45, 2.75) is 6.42 Å². The third-order valence-electron chi connectivity index (χ3n) is 5.02. The van der Waals surface area contributed by atoms with E-state index < -0.39 is 11.6 Å². The minimum Gasteiger partial charge on any atom is -0.497 e. The molecule has 0 atom stereocenters. The highest BCUT2D eigenvalue weighted by Crippen LogP contribution is 2.31. The maximum absolute atomic E-state index is 13.2. The van der Waals surface area contributed by atoms with E-state index in [2.05, 4.69) is 0 Å². The smallest absolute Gasteiger partial charge is 0.198 e. The first kappa shape index (κ1) is 18.6. The largest absolute Gasteiger partial charge is 0.497 e. The molecule has 4 heteroatoms. The van der Waals surface area contributed by atoms with Gasteiger partial charge >= 0.3 is 0 Å². The van der Waals surface area contributed by atoms with Crippen LogP contribution in [0.3, 0.4) is 0 Å². The summed E-state index contributed by atoms with van der Waals surface area (Å²) in [6, 6.07) is 22.5. The van der Waals surface area contributed by atoms with Crippen LogP contribution in [0.25, 0.3) is 0 Å². The van der Waals surface area contributed by atoms with Gasteiger partial charge in [0.2, 0.25) is 0 Å². The molecule has 3 aromatic rings. The summed E-state index contributed by atoms with van der Waals surface area (Å²) in [6.07, 6.45) is 0.191. The van der Waals surface area contributed by atoms with E-state index in [9.17, 15) is 14.4 Å². The van der Waals surface area contributed by atoms with Crippen LogP contribution in [-0.2, 0) is 6.42 Å². The Kier molecular flexibility index (Phi) is 4.92. The summed E-state index contributed by atoms with van der Waals surface area (Å²) in [7, 11) is 1.58. The van der Waals surface area contributed by atoms with E-state index >= 15 is 0 Å². The number of rotatable bonds is 5. The molecule has 0 unspecified atom stereocenters. The van der Waals surface area contributed by atoms with Crippen LogP contribution >= 0.6 is 0 Å². The molecule has 0 spiro atoms. The predicted molar refractivity (Wildman–Crippen MR) is 110 cm³/mol. The quantitative estimate of drug-likeness (QED) is 0.482.